The highest BCUT2D eigenvalue weighted by atomic mass is 19.4. The summed E-state index contributed by atoms with van der Waals surface area (Å²) in [5.74, 6) is 0.197. The maximum atomic E-state index is 11.5. The molecule has 1 heterocycles. The van der Waals surface area contributed by atoms with E-state index in [2.05, 4.69) is 48.0 Å². The number of hydrogen-bond donors (Lipinski definition) is 2. The zero-order valence-electron chi connectivity index (χ0n) is 24.1. The van der Waals surface area contributed by atoms with Gasteiger partial charge in [-0.05, 0) is 45.0 Å². The van der Waals surface area contributed by atoms with E-state index < -0.39 is 12.1 Å². The first-order valence-electron chi connectivity index (χ1n) is 12.2. The highest BCUT2D eigenvalue weighted by Gasteiger charge is 2.19. The van der Waals surface area contributed by atoms with Gasteiger partial charge in [-0.15, -0.1) is 0 Å². The van der Waals surface area contributed by atoms with E-state index in [0.717, 1.165) is 6.54 Å². The van der Waals surface area contributed by atoms with E-state index in [1.165, 1.54) is 44.4 Å². The Kier molecular flexibility index (Phi) is 20.6. The molecule has 12 heteroatoms. The normalized spacial score (nSPS) is 12.8. The zero-order valence-corrected chi connectivity index (χ0v) is 24.1. The van der Waals surface area contributed by atoms with Gasteiger partial charge >= 0.3 is 6.18 Å². The molecule has 2 aromatic carbocycles. The monoisotopic (exact) mass is 573 g/mol. The van der Waals surface area contributed by atoms with Crippen LogP contribution in [0.5, 0.6) is 11.5 Å². The van der Waals surface area contributed by atoms with Crippen LogP contribution in [-0.2, 0) is 16.1 Å². The Morgan fingerprint density at radius 2 is 1.50 bits per heavy atom. The molecule has 0 atom stereocenters. The molecule has 1 amide bonds. The van der Waals surface area contributed by atoms with Crippen molar-refractivity contribution < 1.29 is 42.2 Å². The lowest BCUT2D eigenvalue weighted by Crippen LogP contribution is -2.43. The highest BCUT2D eigenvalue weighted by molar-refractivity contribution is 5.98. The number of carbonyl (C=O) groups is 3. The molecule has 0 aromatic heterocycles. The number of carbonyl (C=O) groups excluding carboxylic acids is 3. The first-order chi connectivity index (χ1) is 18.9. The molecule has 0 radical (unpaired) electrons. The zero-order chi connectivity index (χ0) is 31.3. The summed E-state index contributed by atoms with van der Waals surface area (Å²) in [5.41, 5.74) is 5.36. The molecule has 2 aromatic rings. The lowest BCUT2D eigenvalue weighted by Gasteiger charge is -2.32. The minimum absolute atomic E-state index is 0.188. The molecule has 0 saturated carbocycles. The van der Waals surface area contributed by atoms with Crippen LogP contribution in [0.25, 0.3) is 0 Å². The molecule has 0 spiro atoms. The second kappa shape index (κ2) is 21.4. The van der Waals surface area contributed by atoms with Crippen LogP contribution in [0.4, 0.5) is 13.2 Å². The Morgan fingerprint density at radius 3 is 1.93 bits per heavy atom. The predicted molar refractivity (Wildman–Crippen MR) is 148 cm³/mol. The first-order valence-corrected chi connectivity index (χ1v) is 12.2. The number of ether oxygens (including phenoxy) is 2. The largest absolute Gasteiger partial charge is 0.493 e. The number of likely N-dealkylation sites (N-methyl/N-ethyl adjacent to an activating group) is 1. The number of rotatable bonds is 6. The molecule has 1 aliphatic rings. The van der Waals surface area contributed by atoms with Crippen molar-refractivity contribution in [1.82, 2.24) is 15.3 Å². The summed E-state index contributed by atoms with van der Waals surface area (Å²) in [6.07, 6.45) is -4.00. The van der Waals surface area contributed by atoms with Crippen molar-refractivity contribution >= 4 is 19.5 Å². The van der Waals surface area contributed by atoms with Crippen LogP contribution in [0.15, 0.2) is 36.4 Å². The number of aryl methyl sites for hydroxylation is 2. The van der Waals surface area contributed by atoms with Gasteiger partial charge in [0.05, 0.1) is 19.3 Å². The Labute approximate surface area is 234 Å². The minimum Gasteiger partial charge on any atom is -0.493 e. The molecule has 2 N–H and O–H groups in total. The molecule has 226 valence electrons. The van der Waals surface area contributed by atoms with Gasteiger partial charge in [0.15, 0.2) is 11.5 Å². The van der Waals surface area contributed by atoms with Crippen molar-refractivity contribution in [1.29, 1.82) is 0 Å². The molecule has 40 heavy (non-hydrogen) atoms. The average molecular weight is 574 g/mol. The van der Waals surface area contributed by atoms with Gasteiger partial charge in [0.25, 0.3) is 5.91 Å². The smallest absolute Gasteiger partial charge is 0.386 e. The van der Waals surface area contributed by atoms with Crippen LogP contribution in [-0.4, -0.2) is 87.6 Å². The fraction of sp³-hybridized carbons (Fsp3) is 0.464. The highest BCUT2D eigenvalue weighted by Crippen LogP contribution is 2.33. The second-order valence-electron chi connectivity index (χ2n) is 8.51. The quantitative estimate of drug-likeness (QED) is 0.385. The Hall–Kier alpha value is -3.48. The van der Waals surface area contributed by atoms with Gasteiger partial charge < -0.3 is 24.0 Å². The number of amides is 1. The number of alkyl halides is 3. The van der Waals surface area contributed by atoms with Crippen LogP contribution in [0.3, 0.4) is 0 Å². The summed E-state index contributed by atoms with van der Waals surface area (Å²) < 4.78 is 41.5. The van der Waals surface area contributed by atoms with E-state index in [1.807, 2.05) is 20.5 Å². The Morgan fingerprint density at radius 1 is 1.00 bits per heavy atom. The van der Waals surface area contributed by atoms with Gasteiger partial charge in [-0.25, -0.2) is 5.48 Å². The van der Waals surface area contributed by atoms with Gasteiger partial charge in [-0.3, -0.25) is 14.9 Å². The molecule has 1 aliphatic heterocycles. The standard InChI is InChI=1S/C13H20N2.C11H15NO4.C2H3F3.2CH2O/c1-12-3-5-13(6-4-12)11-15-9-7-14(2)8-10-15;1-4-16-10-8(15-3)6-5-7(2)9(10)11(13)12-14;1-2(3,4)5;2*1-2/h3-6H,7-11H2,1-2H3;5-6,14H,4H2,1-3H3,(H,12,13);1H3;2*1H2. The summed E-state index contributed by atoms with van der Waals surface area (Å²) in [6.45, 7) is 16.2. The number of piperazine rings is 1. The third kappa shape index (κ3) is 16.5. The van der Waals surface area contributed by atoms with E-state index >= 15 is 0 Å². The first kappa shape index (κ1) is 38.7. The number of halogens is 3. The molecule has 9 nitrogen and oxygen atoms in total. The summed E-state index contributed by atoms with van der Waals surface area (Å²) >= 11 is 0. The third-order valence-electron chi connectivity index (χ3n) is 5.29. The average Bonchev–Trinajstić information content (AvgIpc) is 2.93. The summed E-state index contributed by atoms with van der Waals surface area (Å²) in [5, 5.41) is 8.67. The maximum Gasteiger partial charge on any atom is 0.386 e. The van der Waals surface area contributed by atoms with Crippen molar-refractivity contribution in [2.24, 2.45) is 0 Å². The van der Waals surface area contributed by atoms with Crippen LogP contribution in [0, 0.1) is 13.8 Å². The summed E-state index contributed by atoms with van der Waals surface area (Å²) in [6, 6.07) is 12.3. The fourth-order valence-corrected chi connectivity index (χ4v) is 3.41. The number of hydrogen-bond acceptors (Lipinski definition) is 8. The molecular formula is C28H42F3N3O6. The van der Waals surface area contributed by atoms with Gasteiger partial charge in [0, 0.05) is 39.6 Å². The van der Waals surface area contributed by atoms with E-state index in [4.69, 9.17) is 24.3 Å². The van der Waals surface area contributed by atoms with Crippen molar-refractivity contribution in [2.75, 3.05) is 46.9 Å². The molecular weight excluding hydrogens is 531 g/mol. The lowest BCUT2D eigenvalue weighted by atomic mass is 10.1. The van der Waals surface area contributed by atoms with Crippen molar-refractivity contribution in [2.45, 2.75) is 40.4 Å². The molecule has 1 saturated heterocycles. The second-order valence-corrected chi connectivity index (χ2v) is 8.51. The molecule has 3 rings (SSSR count). The van der Waals surface area contributed by atoms with E-state index in [1.54, 1.807) is 24.5 Å². The minimum atomic E-state index is -4.00. The third-order valence-corrected chi connectivity index (χ3v) is 5.29. The Bertz CT molecular complexity index is 959. The lowest BCUT2D eigenvalue weighted by molar-refractivity contribution is -0.110. The topological polar surface area (TPSA) is 108 Å². The van der Waals surface area contributed by atoms with Gasteiger partial charge in [0.1, 0.15) is 13.6 Å². The molecule has 0 unspecified atom stereocenters. The van der Waals surface area contributed by atoms with E-state index in [0.29, 0.717) is 23.7 Å². The molecule has 1 fully saturated rings. The summed E-state index contributed by atoms with van der Waals surface area (Å²) in [7, 11) is 3.69. The van der Waals surface area contributed by atoms with Crippen molar-refractivity contribution in [3.8, 4) is 11.5 Å². The maximum absolute atomic E-state index is 11.5. The predicted octanol–water partition coefficient (Wildman–Crippen LogP) is 4.46. The summed E-state index contributed by atoms with van der Waals surface area (Å²) in [4.78, 5) is 32.4. The molecule has 0 bridgehead atoms. The number of hydroxylamine groups is 1. The van der Waals surface area contributed by atoms with Gasteiger partial charge in [0.2, 0.25) is 0 Å². The van der Waals surface area contributed by atoms with Gasteiger partial charge in [-0.1, -0.05) is 35.9 Å². The van der Waals surface area contributed by atoms with Crippen molar-refractivity contribution in [3.05, 3.63) is 58.7 Å². The number of benzene rings is 2. The van der Waals surface area contributed by atoms with Crippen LogP contribution in [0.2, 0.25) is 0 Å². The van der Waals surface area contributed by atoms with Crippen molar-refractivity contribution in [3.63, 3.8) is 0 Å². The van der Waals surface area contributed by atoms with E-state index in [9.17, 15) is 18.0 Å². The Balaban J connectivity index is 0. The van der Waals surface area contributed by atoms with Crippen LogP contribution in [0.1, 0.15) is 40.9 Å². The van der Waals surface area contributed by atoms with Gasteiger partial charge in [-0.2, -0.15) is 13.2 Å². The SMILES string of the molecule is C=O.C=O.CC(F)(F)F.CCOc1c(OC)ccc(C)c1C(=O)NO.Cc1ccc(CN2CCN(C)CC2)cc1. The van der Waals surface area contributed by atoms with Crippen LogP contribution < -0.4 is 15.0 Å². The number of nitrogens with zero attached hydrogens (tertiary/aromatic N) is 2. The number of nitrogens with one attached hydrogen (secondary N) is 1. The van der Waals surface area contributed by atoms with E-state index in [-0.39, 0.29) is 12.5 Å². The number of methoxy groups -OCH3 is 1. The van der Waals surface area contributed by atoms with Crippen LogP contribution >= 0.6 is 0 Å². The fourth-order valence-electron chi connectivity index (χ4n) is 3.41. The molecule has 0 aliphatic carbocycles.